The Balaban J connectivity index is 0.00000392. The Hall–Kier alpha value is -1.06. The van der Waals surface area contributed by atoms with Gasteiger partial charge in [0.15, 0.2) is 5.96 Å². The molecule has 2 rings (SSSR count). The van der Waals surface area contributed by atoms with E-state index in [4.69, 9.17) is 0 Å². The Bertz CT molecular complexity index is 509. The summed E-state index contributed by atoms with van der Waals surface area (Å²) in [5.74, 6) is 1.36. The van der Waals surface area contributed by atoms with Gasteiger partial charge in [0.2, 0.25) is 11.8 Å². The number of nitrogens with one attached hydrogen (secondary N) is 3. The molecule has 162 valence electrons. The smallest absolute Gasteiger partial charge is 0.225 e. The molecule has 1 saturated heterocycles. The lowest BCUT2D eigenvalue weighted by molar-refractivity contribution is -0.135. The highest BCUT2D eigenvalue weighted by Crippen LogP contribution is 2.26. The molecule has 0 aromatic rings. The van der Waals surface area contributed by atoms with Crippen molar-refractivity contribution in [2.24, 2.45) is 10.9 Å². The molecule has 28 heavy (non-hydrogen) atoms. The molecular weight excluding hydrogens is 469 g/mol. The van der Waals surface area contributed by atoms with Crippen LogP contribution in [-0.4, -0.2) is 61.4 Å². The summed E-state index contributed by atoms with van der Waals surface area (Å²) in [7, 11) is 0. The first kappa shape index (κ1) is 25.0. The SMILES string of the molecule is CCCNC(=O)CCN=C(NCC)NC1CCN(C(=O)C2CCCCC2)C1.I. The lowest BCUT2D eigenvalue weighted by Crippen LogP contribution is -2.45. The fourth-order valence-electron chi connectivity index (χ4n) is 3.82. The molecule has 1 saturated carbocycles. The van der Waals surface area contributed by atoms with Gasteiger partial charge in [-0.25, -0.2) is 0 Å². The summed E-state index contributed by atoms with van der Waals surface area (Å²) in [4.78, 5) is 30.9. The van der Waals surface area contributed by atoms with Crippen LogP contribution in [0.5, 0.6) is 0 Å². The van der Waals surface area contributed by atoms with E-state index in [2.05, 4.69) is 20.9 Å². The van der Waals surface area contributed by atoms with E-state index in [-0.39, 0.29) is 41.8 Å². The molecule has 0 aromatic heterocycles. The van der Waals surface area contributed by atoms with Crippen molar-refractivity contribution in [3.05, 3.63) is 0 Å². The molecule has 0 aromatic carbocycles. The summed E-state index contributed by atoms with van der Waals surface area (Å²) in [6, 6.07) is 0.226. The summed E-state index contributed by atoms with van der Waals surface area (Å²) in [6.07, 6.45) is 8.04. The number of carbonyl (C=O) groups is 2. The molecule has 2 amide bonds. The van der Waals surface area contributed by atoms with Crippen LogP contribution in [0.15, 0.2) is 4.99 Å². The highest BCUT2D eigenvalue weighted by Gasteiger charge is 2.31. The van der Waals surface area contributed by atoms with Crippen LogP contribution in [0.25, 0.3) is 0 Å². The molecule has 0 bridgehead atoms. The summed E-state index contributed by atoms with van der Waals surface area (Å²) < 4.78 is 0. The number of amides is 2. The second-order valence-corrected chi connectivity index (χ2v) is 7.61. The van der Waals surface area contributed by atoms with Crippen molar-refractivity contribution >= 4 is 41.8 Å². The maximum atomic E-state index is 12.7. The summed E-state index contributed by atoms with van der Waals surface area (Å²) in [5, 5.41) is 9.54. The zero-order valence-electron chi connectivity index (χ0n) is 17.5. The average Bonchev–Trinajstić information content (AvgIpc) is 3.15. The number of hydrogen-bond acceptors (Lipinski definition) is 3. The van der Waals surface area contributed by atoms with E-state index in [9.17, 15) is 9.59 Å². The Morgan fingerprint density at radius 2 is 1.82 bits per heavy atom. The van der Waals surface area contributed by atoms with Crippen molar-refractivity contribution in [2.75, 3.05) is 32.7 Å². The molecule has 1 unspecified atom stereocenters. The fraction of sp³-hybridized carbons (Fsp3) is 0.850. The van der Waals surface area contributed by atoms with Crippen molar-refractivity contribution in [2.45, 2.75) is 71.3 Å². The molecule has 7 nitrogen and oxygen atoms in total. The lowest BCUT2D eigenvalue weighted by Gasteiger charge is -2.26. The molecule has 3 N–H and O–H groups in total. The number of aliphatic imine (C=N–C) groups is 1. The Morgan fingerprint density at radius 3 is 2.50 bits per heavy atom. The summed E-state index contributed by atoms with van der Waals surface area (Å²) in [6.45, 7) is 7.58. The van der Waals surface area contributed by atoms with Crippen molar-refractivity contribution in [1.29, 1.82) is 0 Å². The topological polar surface area (TPSA) is 85.8 Å². The summed E-state index contributed by atoms with van der Waals surface area (Å²) >= 11 is 0. The molecule has 1 aliphatic heterocycles. The van der Waals surface area contributed by atoms with Gasteiger partial charge < -0.3 is 20.9 Å². The van der Waals surface area contributed by atoms with Crippen LogP contribution < -0.4 is 16.0 Å². The van der Waals surface area contributed by atoms with E-state index in [1.54, 1.807) is 0 Å². The molecule has 0 spiro atoms. The van der Waals surface area contributed by atoms with Crippen molar-refractivity contribution < 1.29 is 9.59 Å². The molecule has 8 heteroatoms. The van der Waals surface area contributed by atoms with Gasteiger partial charge in [-0.3, -0.25) is 14.6 Å². The van der Waals surface area contributed by atoms with Crippen molar-refractivity contribution in [1.82, 2.24) is 20.9 Å². The normalized spacial score (nSPS) is 20.4. The lowest BCUT2D eigenvalue weighted by atomic mass is 9.88. The number of guanidine groups is 1. The van der Waals surface area contributed by atoms with E-state index in [1.165, 1.54) is 19.3 Å². The third kappa shape index (κ3) is 8.53. The van der Waals surface area contributed by atoms with Crippen molar-refractivity contribution in [3.63, 3.8) is 0 Å². The average molecular weight is 507 g/mol. The Morgan fingerprint density at radius 1 is 1.07 bits per heavy atom. The number of carbonyl (C=O) groups excluding carboxylic acids is 2. The standard InChI is InChI=1S/C20H37N5O2.HI/c1-3-12-22-18(26)10-13-23-20(21-4-2)24-17-11-14-25(15-17)19(27)16-8-6-5-7-9-16;/h16-17H,3-15H2,1-2H3,(H,22,26)(H2,21,23,24);1H. The molecule has 1 heterocycles. The van der Waals surface area contributed by atoms with Gasteiger partial charge in [0.1, 0.15) is 0 Å². The van der Waals surface area contributed by atoms with E-state index in [0.29, 0.717) is 25.4 Å². The van der Waals surface area contributed by atoms with Crippen LogP contribution in [0.4, 0.5) is 0 Å². The van der Waals surface area contributed by atoms with Gasteiger partial charge in [0, 0.05) is 44.6 Å². The van der Waals surface area contributed by atoms with Gasteiger partial charge in [0.25, 0.3) is 0 Å². The third-order valence-electron chi connectivity index (χ3n) is 5.32. The number of nitrogens with zero attached hydrogens (tertiary/aromatic N) is 2. The van der Waals surface area contributed by atoms with Gasteiger partial charge >= 0.3 is 0 Å². The predicted octanol–water partition coefficient (Wildman–Crippen LogP) is 2.26. The minimum absolute atomic E-state index is 0. The second-order valence-electron chi connectivity index (χ2n) is 7.61. The van der Waals surface area contributed by atoms with E-state index < -0.39 is 0 Å². The zero-order valence-corrected chi connectivity index (χ0v) is 19.8. The number of rotatable bonds is 8. The van der Waals surface area contributed by atoms with Crippen LogP contribution in [0, 0.1) is 5.92 Å². The number of halogens is 1. The minimum Gasteiger partial charge on any atom is -0.357 e. The monoisotopic (exact) mass is 507 g/mol. The van der Waals surface area contributed by atoms with E-state index in [1.807, 2.05) is 18.7 Å². The first-order chi connectivity index (χ1) is 13.1. The Labute approximate surface area is 186 Å². The van der Waals surface area contributed by atoms with Crippen molar-refractivity contribution in [3.8, 4) is 0 Å². The predicted molar refractivity (Wildman–Crippen MR) is 124 cm³/mol. The summed E-state index contributed by atoms with van der Waals surface area (Å²) in [5.41, 5.74) is 0. The maximum absolute atomic E-state index is 12.7. The third-order valence-corrected chi connectivity index (χ3v) is 5.32. The largest absolute Gasteiger partial charge is 0.357 e. The first-order valence-corrected chi connectivity index (χ1v) is 10.7. The van der Waals surface area contributed by atoms with E-state index >= 15 is 0 Å². The highest BCUT2D eigenvalue weighted by molar-refractivity contribution is 14.0. The maximum Gasteiger partial charge on any atom is 0.225 e. The minimum atomic E-state index is 0. The van der Waals surface area contributed by atoms with Crippen LogP contribution >= 0.6 is 24.0 Å². The van der Waals surface area contributed by atoms with E-state index in [0.717, 1.165) is 51.3 Å². The first-order valence-electron chi connectivity index (χ1n) is 10.7. The van der Waals surface area contributed by atoms with Gasteiger partial charge in [-0.05, 0) is 32.6 Å². The zero-order chi connectivity index (χ0) is 19.5. The van der Waals surface area contributed by atoms with Gasteiger partial charge in [-0.15, -0.1) is 24.0 Å². The molecular formula is C20H38IN5O2. The molecule has 2 aliphatic rings. The number of hydrogen-bond donors (Lipinski definition) is 3. The number of likely N-dealkylation sites (tertiary alicyclic amines) is 1. The molecule has 1 atom stereocenters. The Kier molecular flexibility index (Phi) is 12.5. The van der Waals surface area contributed by atoms with Gasteiger partial charge in [-0.2, -0.15) is 0 Å². The molecule has 0 radical (unpaired) electrons. The van der Waals surface area contributed by atoms with Gasteiger partial charge in [-0.1, -0.05) is 26.2 Å². The fourth-order valence-corrected chi connectivity index (χ4v) is 3.82. The van der Waals surface area contributed by atoms with Crippen LogP contribution in [0.3, 0.4) is 0 Å². The van der Waals surface area contributed by atoms with Crippen LogP contribution in [0.2, 0.25) is 0 Å². The van der Waals surface area contributed by atoms with Gasteiger partial charge in [0.05, 0.1) is 6.54 Å². The molecule has 2 fully saturated rings. The van der Waals surface area contributed by atoms with Crippen LogP contribution in [0.1, 0.15) is 65.2 Å². The highest BCUT2D eigenvalue weighted by atomic mass is 127. The second kappa shape index (κ2) is 14.0. The van der Waals surface area contributed by atoms with Crippen LogP contribution in [-0.2, 0) is 9.59 Å². The quantitative estimate of drug-likeness (QED) is 0.267. The molecule has 1 aliphatic carbocycles.